The number of rotatable bonds is 2. The number of anilines is 1. The predicted octanol–water partition coefficient (Wildman–Crippen LogP) is 2.91. The number of carbonyl (C=O) groups is 1. The maximum absolute atomic E-state index is 13.8. The number of carboxylic acids is 1. The van der Waals surface area contributed by atoms with Crippen LogP contribution >= 0.6 is 0 Å². The summed E-state index contributed by atoms with van der Waals surface area (Å²) in [6.45, 7) is 0. The van der Waals surface area contributed by atoms with Crippen LogP contribution in [0.5, 0.6) is 0 Å². The molecule has 0 heterocycles. The van der Waals surface area contributed by atoms with E-state index in [4.69, 9.17) is 10.8 Å². The zero-order valence-corrected chi connectivity index (χ0v) is 9.15. The van der Waals surface area contributed by atoms with Crippen molar-refractivity contribution in [2.45, 2.75) is 0 Å². The highest BCUT2D eigenvalue weighted by Gasteiger charge is 2.18. The Labute approximate surface area is 101 Å². The molecule has 0 aliphatic rings. The van der Waals surface area contributed by atoms with E-state index in [1.165, 1.54) is 12.1 Å². The Bertz CT molecular complexity index is 626. The smallest absolute Gasteiger partial charge is 0.338 e. The lowest BCUT2D eigenvalue weighted by atomic mass is 10.0. The highest BCUT2D eigenvalue weighted by molar-refractivity contribution is 5.89. The third-order valence-electron chi connectivity index (χ3n) is 2.51. The number of benzene rings is 2. The lowest BCUT2D eigenvalue weighted by molar-refractivity contribution is 0.0690. The second kappa shape index (κ2) is 4.44. The molecule has 3 N–H and O–H groups in total. The van der Waals surface area contributed by atoms with E-state index < -0.39 is 23.2 Å². The molecule has 0 unspecified atom stereocenters. The summed E-state index contributed by atoms with van der Waals surface area (Å²) in [5.41, 5.74) is 5.64. The molecule has 0 aliphatic carbocycles. The molecule has 0 saturated heterocycles. The SMILES string of the molecule is Nc1cccc(-c2ccc(C(=O)O)c(F)c2F)c1. The lowest BCUT2D eigenvalue weighted by Crippen LogP contribution is -2.03. The summed E-state index contributed by atoms with van der Waals surface area (Å²) < 4.78 is 27.3. The van der Waals surface area contributed by atoms with Crippen LogP contribution in [0.4, 0.5) is 14.5 Å². The van der Waals surface area contributed by atoms with Gasteiger partial charge in [0.05, 0.1) is 5.56 Å². The maximum Gasteiger partial charge on any atom is 0.338 e. The van der Waals surface area contributed by atoms with Gasteiger partial charge in [-0.2, -0.15) is 0 Å². The summed E-state index contributed by atoms with van der Waals surface area (Å²) in [6, 6.07) is 8.51. The first-order valence-corrected chi connectivity index (χ1v) is 5.08. The van der Waals surface area contributed by atoms with E-state index in [1.54, 1.807) is 18.2 Å². The molecule has 18 heavy (non-hydrogen) atoms. The van der Waals surface area contributed by atoms with Crippen LogP contribution in [-0.2, 0) is 0 Å². The number of aromatic carboxylic acids is 1. The van der Waals surface area contributed by atoms with Crippen molar-refractivity contribution in [1.82, 2.24) is 0 Å². The second-order valence-corrected chi connectivity index (χ2v) is 3.72. The van der Waals surface area contributed by atoms with Gasteiger partial charge in [0.2, 0.25) is 0 Å². The van der Waals surface area contributed by atoms with Crippen molar-refractivity contribution in [3.63, 3.8) is 0 Å². The number of hydrogen-bond donors (Lipinski definition) is 2. The molecular weight excluding hydrogens is 240 g/mol. The Kier molecular flexibility index (Phi) is 2.97. The fourth-order valence-corrected chi connectivity index (χ4v) is 1.64. The van der Waals surface area contributed by atoms with Crippen LogP contribution in [0, 0.1) is 11.6 Å². The third-order valence-corrected chi connectivity index (χ3v) is 2.51. The summed E-state index contributed by atoms with van der Waals surface area (Å²) >= 11 is 0. The van der Waals surface area contributed by atoms with Crippen molar-refractivity contribution in [2.75, 3.05) is 5.73 Å². The number of nitrogens with two attached hydrogens (primary N) is 1. The molecule has 2 aromatic rings. The summed E-state index contributed by atoms with van der Waals surface area (Å²) in [5, 5.41) is 8.67. The van der Waals surface area contributed by atoms with Gasteiger partial charge < -0.3 is 10.8 Å². The van der Waals surface area contributed by atoms with Gasteiger partial charge in [0.1, 0.15) is 0 Å². The Hall–Kier alpha value is -2.43. The molecule has 0 bridgehead atoms. The average molecular weight is 249 g/mol. The van der Waals surface area contributed by atoms with Gasteiger partial charge in [0, 0.05) is 11.3 Å². The Balaban J connectivity index is 2.61. The van der Waals surface area contributed by atoms with E-state index in [0.29, 0.717) is 11.3 Å². The van der Waals surface area contributed by atoms with Gasteiger partial charge in [-0.15, -0.1) is 0 Å². The van der Waals surface area contributed by atoms with Crippen LogP contribution in [0.2, 0.25) is 0 Å². The van der Waals surface area contributed by atoms with Crippen LogP contribution < -0.4 is 5.73 Å². The standard InChI is InChI=1S/C13H9F2NO2/c14-11-9(7-2-1-3-8(16)6-7)4-5-10(12(11)15)13(17)18/h1-6H,16H2,(H,17,18). The quantitative estimate of drug-likeness (QED) is 0.804. The molecule has 0 aliphatic heterocycles. The first-order valence-electron chi connectivity index (χ1n) is 5.08. The number of halogens is 2. The molecule has 0 radical (unpaired) electrons. The highest BCUT2D eigenvalue weighted by Crippen LogP contribution is 2.27. The molecule has 3 nitrogen and oxygen atoms in total. The van der Waals surface area contributed by atoms with Gasteiger partial charge in [-0.05, 0) is 23.8 Å². The molecule has 0 saturated carbocycles. The average Bonchev–Trinajstić information content (AvgIpc) is 2.32. The van der Waals surface area contributed by atoms with Crippen molar-refractivity contribution in [2.24, 2.45) is 0 Å². The largest absolute Gasteiger partial charge is 0.478 e. The van der Waals surface area contributed by atoms with Crippen LogP contribution in [0.15, 0.2) is 36.4 Å². The van der Waals surface area contributed by atoms with Gasteiger partial charge in [-0.25, -0.2) is 13.6 Å². The van der Waals surface area contributed by atoms with E-state index in [1.807, 2.05) is 0 Å². The van der Waals surface area contributed by atoms with Crippen molar-refractivity contribution in [3.05, 3.63) is 53.6 Å². The first-order chi connectivity index (χ1) is 8.50. The van der Waals surface area contributed by atoms with Gasteiger partial charge >= 0.3 is 5.97 Å². The topological polar surface area (TPSA) is 63.3 Å². The molecule has 0 amide bonds. The van der Waals surface area contributed by atoms with E-state index in [2.05, 4.69) is 0 Å². The Morgan fingerprint density at radius 1 is 1.11 bits per heavy atom. The van der Waals surface area contributed by atoms with E-state index in [9.17, 15) is 13.6 Å². The highest BCUT2D eigenvalue weighted by atomic mass is 19.2. The molecule has 5 heteroatoms. The molecule has 92 valence electrons. The van der Waals surface area contributed by atoms with E-state index >= 15 is 0 Å². The molecule has 2 rings (SSSR count). The zero-order valence-electron chi connectivity index (χ0n) is 9.15. The fourth-order valence-electron chi connectivity index (χ4n) is 1.64. The van der Waals surface area contributed by atoms with Gasteiger partial charge in [-0.3, -0.25) is 0 Å². The minimum atomic E-state index is -1.51. The van der Waals surface area contributed by atoms with Crippen molar-refractivity contribution in [1.29, 1.82) is 0 Å². The van der Waals surface area contributed by atoms with Gasteiger partial charge in [0.25, 0.3) is 0 Å². The lowest BCUT2D eigenvalue weighted by Gasteiger charge is -2.07. The molecule has 0 fully saturated rings. The molecular formula is C13H9F2NO2. The number of nitrogen functional groups attached to an aromatic ring is 1. The zero-order chi connectivity index (χ0) is 13.3. The van der Waals surface area contributed by atoms with Crippen LogP contribution in [0.1, 0.15) is 10.4 Å². The maximum atomic E-state index is 13.8. The molecule has 2 aromatic carbocycles. The van der Waals surface area contributed by atoms with Crippen LogP contribution in [0.25, 0.3) is 11.1 Å². The van der Waals surface area contributed by atoms with Gasteiger partial charge in [-0.1, -0.05) is 18.2 Å². The first kappa shape index (κ1) is 12.0. The van der Waals surface area contributed by atoms with Crippen molar-refractivity contribution in [3.8, 4) is 11.1 Å². The molecule has 0 spiro atoms. The fraction of sp³-hybridized carbons (Fsp3) is 0. The van der Waals surface area contributed by atoms with Crippen LogP contribution in [0.3, 0.4) is 0 Å². The third kappa shape index (κ3) is 2.02. The number of hydrogen-bond acceptors (Lipinski definition) is 2. The van der Waals surface area contributed by atoms with Crippen LogP contribution in [-0.4, -0.2) is 11.1 Å². The van der Waals surface area contributed by atoms with E-state index in [0.717, 1.165) is 6.07 Å². The minimum absolute atomic E-state index is 0.0233. The minimum Gasteiger partial charge on any atom is -0.478 e. The molecule has 0 atom stereocenters. The van der Waals surface area contributed by atoms with Crippen molar-refractivity contribution >= 4 is 11.7 Å². The monoisotopic (exact) mass is 249 g/mol. The van der Waals surface area contributed by atoms with Crippen molar-refractivity contribution < 1.29 is 18.7 Å². The second-order valence-electron chi connectivity index (χ2n) is 3.72. The molecule has 0 aromatic heterocycles. The van der Waals surface area contributed by atoms with E-state index in [-0.39, 0.29) is 5.56 Å². The predicted molar refractivity (Wildman–Crippen MR) is 63.2 cm³/mol. The number of carboxylic acid groups (broad SMARTS) is 1. The van der Waals surface area contributed by atoms with Gasteiger partial charge in [0.15, 0.2) is 11.6 Å². The summed E-state index contributed by atoms with van der Waals surface area (Å²) in [7, 11) is 0. The summed E-state index contributed by atoms with van der Waals surface area (Å²) in [4.78, 5) is 10.6. The normalized spacial score (nSPS) is 10.3. The summed E-state index contributed by atoms with van der Waals surface area (Å²) in [5.74, 6) is -4.08. The Morgan fingerprint density at radius 3 is 2.44 bits per heavy atom. The Morgan fingerprint density at radius 2 is 1.83 bits per heavy atom. The summed E-state index contributed by atoms with van der Waals surface area (Å²) in [6.07, 6.45) is 0.